The lowest BCUT2D eigenvalue weighted by molar-refractivity contribution is 0.0534. The van der Waals surface area contributed by atoms with Crippen molar-refractivity contribution in [2.75, 3.05) is 0 Å². The summed E-state index contributed by atoms with van der Waals surface area (Å²) in [6, 6.07) is 0. The molecule has 2 rings (SSSR count). The van der Waals surface area contributed by atoms with Crippen molar-refractivity contribution < 1.29 is 9.90 Å². The van der Waals surface area contributed by atoms with Crippen LogP contribution in [0.25, 0.3) is 0 Å². The first-order valence-electron chi connectivity index (χ1n) is 4.23. The maximum absolute atomic E-state index is 11.8. The van der Waals surface area contributed by atoms with Crippen LogP contribution in [0.15, 0.2) is 35.9 Å². The highest BCUT2D eigenvalue weighted by Gasteiger charge is 2.34. The monoisotopic (exact) mass is 207 g/mol. The zero-order valence-corrected chi connectivity index (χ0v) is 8.20. The lowest BCUT2D eigenvalue weighted by atomic mass is 9.91. The molecule has 3 nitrogen and oxygen atoms in total. The average molecular weight is 207 g/mol. The van der Waals surface area contributed by atoms with Crippen LogP contribution in [-0.2, 0) is 0 Å². The van der Waals surface area contributed by atoms with E-state index in [1.807, 2.05) is 6.08 Å². The topological polar surface area (TPSA) is 50.2 Å². The molecule has 0 spiro atoms. The Bertz CT molecular complexity index is 394. The van der Waals surface area contributed by atoms with Crippen molar-refractivity contribution in [3.63, 3.8) is 0 Å². The van der Waals surface area contributed by atoms with Gasteiger partial charge in [0.15, 0.2) is 10.6 Å². The molecule has 0 saturated heterocycles. The van der Waals surface area contributed by atoms with Gasteiger partial charge in [0.25, 0.3) is 0 Å². The van der Waals surface area contributed by atoms with Gasteiger partial charge in [-0.05, 0) is 6.08 Å². The number of allylic oxidation sites excluding steroid dienone is 2. The molecule has 0 fully saturated rings. The molecule has 1 atom stereocenters. The number of rotatable bonds is 2. The minimum atomic E-state index is -1.40. The van der Waals surface area contributed by atoms with Crippen molar-refractivity contribution in [2.45, 2.75) is 12.0 Å². The number of hydrogen-bond donors (Lipinski definition) is 1. The van der Waals surface area contributed by atoms with Crippen molar-refractivity contribution in [1.82, 2.24) is 4.98 Å². The molecule has 1 unspecified atom stereocenters. The van der Waals surface area contributed by atoms with Crippen molar-refractivity contribution in [3.05, 3.63) is 40.9 Å². The highest BCUT2D eigenvalue weighted by Crippen LogP contribution is 2.23. The van der Waals surface area contributed by atoms with Gasteiger partial charge in [-0.25, -0.2) is 4.98 Å². The quantitative estimate of drug-likeness (QED) is 0.749. The van der Waals surface area contributed by atoms with Crippen LogP contribution in [0, 0.1) is 0 Å². The molecule has 0 aliphatic heterocycles. The van der Waals surface area contributed by atoms with Crippen molar-refractivity contribution in [1.29, 1.82) is 0 Å². The van der Waals surface area contributed by atoms with Crippen LogP contribution in [-0.4, -0.2) is 21.5 Å². The predicted octanol–water partition coefficient (Wildman–Crippen LogP) is 1.57. The highest BCUT2D eigenvalue weighted by atomic mass is 32.1. The summed E-state index contributed by atoms with van der Waals surface area (Å²) in [5.74, 6) is -0.326. The largest absolute Gasteiger partial charge is 0.377 e. The summed E-state index contributed by atoms with van der Waals surface area (Å²) >= 11 is 1.24. The molecule has 4 heteroatoms. The molecule has 1 heterocycles. The molecule has 1 aromatic rings. The van der Waals surface area contributed by atoms with E-state index >= 15 is 0 Å². The molecule has 72 valence electrons. The molecule has 14 heavy (non-hydrogen) atoms. The Labute approximate surface area is 85.4 Å². The second-order valence-corrected chi connectivity index (χ2v) is 3.98. The zero-order chi connectivity index (χ0) is 10.0. The first-order valence-corrected chi connectivity index (χ1v) is 5.11. The number of ketones is 1. The van der Waals surface area contributed by atoms with E-state index in [9.17, 15) is 9.90 Å². The molecule has 1 aliphatic rings. The van der Waals surface area contributed by atoms with Gasteiger partial charge in [0.1, 0.15) is 0 Å². The summed E-state index contributed by atoms with van der Waals surface area (Å²) in [6.07, 6.45) is 8.65. The predicted molar refractivity (Wildman–Crippen MR) is 54.3 cm³/mol. The minimum Gasteiger partial charge on any atom is -0.377 e. The molecular formula is C10H9NO2S. The molecule has 1 N–H and O–H groups in total. The normalized spacial score (nSPS) is 25.2. The van der Waals surface area contributed by atoms with Crippen molar-refractivity contribution in [3.8, 4) is 0 Å². The van der Waals surface area contributed by atoms with Crippen molar-refractivity contribution >= 4 is 17.1 Å². The van der Waals surface area contributed by atoms with Crippen LogP contribution in [0.3, 0.4) is 0 Å². The van der Waals surface area contributed by atoms with Gasteiger partial charge in [-0.1, -0.05) is 18.2 Å². The Morgan fingerprint density at radius 2 is 2.43 bits per heavy atom. The summed E-state index contributed by atoms with van der Waals surface area (Å²) in [6.45, 7) is 0. The van der Waals surface area contributed by atoms with Gasteiger partial charge in [-0.3, -0.25) is 4.79 Å². The number of carbonyl (C=O) groups excluding carboxylic acids is 1. The van der Waals surface area contributed by atoms with E-state index in [1.165, 1.54) is 17.4 Å². The van der Waals surface area contributed by atoms with E-state index in [1.54, 1.807) is 23.7 Å². The summed E-state index contributed by atoms with van der Waals surface area (Å²) in [7, 11) is 0. The third-order valence-electron chi connectivity index (χ3n) is 2.07. The van der Waals surface area contributed by atoms with Gasteiger partial charge in [0, 0.05) is 18.0 Å². The van der Waals surface area contributed by atoms with Gasteiger partial charge < -0.3 is 5.11 Å². The number of nitrogens with zero attached hydrogens (tertiary/aromatic N) is 1. The lowest BCUT2D eigenvalue weighted by Gasteiger charge is -2.21. The van der Waals surface area contributed by atoms with Gasteiger partial charge in [0.05, 0.1) is 0 Å². The molecule has 1 aliphatic carbocycles. The number of hydrogen-bond acceptors (Lipinski definition) is 4. The van der Waals surface area contributed by atoms with E-state index in [-0.39, 0.29) is 5.78 Å². The number of aliphatic hydroxyl groups is 1. The molecule has 0 amide bonds. The van der Waals surface area contributed by atoms with Gasteiger partial charge >= 0.3 is 0 Å². The molecule has 0 saturated carbocycles. The average Bonchev–Trinajstić information content (AvgIpc) is 2.70. The van der Waals surface area contributed by atoms with Crippen LogP contribution in [0.5, 0.6) is 0 Å². The lowest BCUT2D eigenvalue weighted by Crippen LogP contribution is -2.36. The standard InChI is InChI=1S/C10H9NO2S/c12-8(9-11-6-7-14-9)10(13)4-2-1-3-5-10/h1-4,6-7,13H,5H2. The van der Waals surface area contributed by atoms with E-state index < -0.39 is 5.60 Å². The van der Waals surface area contributed by atoms with Crippen molar-refractivity contribution in [2.24, 2.45) is 0 Å². The van der Waals surface area contributed by atoms with Crippen LogP contribution in [0.1, 0.15) is 16.2 Å². The van der Waals surface area contributed by atoms with E-state index in [2.05, 4.69) is 4.98 Å². The van der Waals surface area contributed by atoms with Crippen LogP contribution in [0.4, 0.5) is 0 Å². The van der Waals surface area contributed by atoms with Crippen LogP contribution >= 0.6 is 11.3 Å². The number of carbonyl (C=O) groups is 1. The Morgan fingerprint density at radius 3 is 3.00 bits per heavy atom. The maximum atomic E-state index is 11.8. The second kappa shape index (κ2) is 3.48. The fourth-order valence-corrected chi connectivity index (χ4v) is 1.95. The van der Waals surface area contributed by atoms with Gasteiger partial charge in [-0.15, -0.1) is 11.3 Å². The van der Waals surface area contributed by atoms with E-state index in [4.69, 9.17) is 0 Å². The van der Waals surface area contributed by atoms with E-state index in [0.29, 0.717) is 11.4 Å². The highest BCUT2D eigenvalue weighted by molar-refractivity contribution is 7.11. The summed E-state index contributed by atoms with van der Waals surface area (Å²) < 4.78 is 0. The van der Waals surface area contributed by atoms with E-state index in [0.717, 1.165) is 0 Å². The number of aromatic nitrogens is 1. The summed E-state index contributed by atoms with van der Waals surface area (Å²) in [5, 5.41) is 12.1. The van der Waals surface area contributed by atoms with Crippen LogP contribution in [0.2, 0.25) is 0 Å². The molecular weight excluding hydrogens is 198 g/mol. The number of thiazole rings is 1. The van der Waals surface area contributed by atoms with Gasteiger partial charge in [-0.2, -0.15) is 0 Å². The first-order chi connectivity index (χ1) is 6.72. The SMILES string of the molecule is O=C(c1nccs1)C1(O)C=CC=CC1. The third kappa shape index (κ3) is 1.54. The molecule has 0 radical (unpaired) electrons. The van der Waals surface area contributed by atoms with Crippen LogP contribution < -0.4 is 0 Å². The number of Topliss-reactive ketones (excluding diaryl/α,β-unsaturated/α-hetero) is 1. The Morgan fingerprint density at radius 1 is 1.57 bits per heavy atom. The summed E-state index contributed by atoms with van der Waals surface area (Å²) in [4.78, 5) is 15.7. The smallest absolute Gasteiger partial charge is 0.227 e. The fraction of sp³-hybridized carbons (Fsp3) is 0.200. The van der Waals surface area contributed by atoms with Gasteiger partial charge in [0.2, 0.25) is 5.78 Å². The maximum Gasteiger partial charge on any atom is 0.227 e. The Hall–Kier alpha value is -1.26. The second-order valence-electron chi connectivity index (χ2n) is 3.08. The molecule has 0 bridgehead atoms. The Kier molecular flexibility index (Phi) is 2.31. The zero-order valence-electron chi connectivity index (χ0n) is 7.38. The Balaban J connectivity index is 2.27. The third-order valence-corrected chi connectivity index (χ3v) is 2.84. The minimum absolute atomic E-state index is 0.321. The first kappa shape index (κ1) is 9.30. The fourth-order valence-electron chi connectivity index (χ4n) is 1.30. The summed E-state index contributed by atoms with van der Waals surface area (Å²) in [5.41, 5.74) is -1.40. The molecule has 1 aromatic heterocycles. The molecule has 0 aromatic carbocycles.